The maximum Gasteiger partial charge on any atom is 0.224 e. The van der Waals surface area contributed by atoms with Crippen molar-refractivity contribution in [1.29, 1.82) is 0 Å². The summed E-state index contributed by atoms with van der Waals surface area (Å²) in [5.74, 6) is 2.46. The molecule has 0 aliphatic rings. The fraction of sp³-hybridized carbons (Fsp3) is 0.600. The number of nitrogens with one attached hydrogen (secondary N) is 2. The molecule has 0 saturated heterocycles. The minimum Gasteiger partial charge on any atom is -0.497 e. The number of amides is 1. The van der Waals surface area contributed by atoms with Gasteiger partial charge in [0.1, 0.15) is 11.5 Å². The molecule has 0 aliphatic heterocycles. The molecule has 0 radical (unpaired) electrons. The van der Waals surface area contributed by atoms with Gasteiger partial charge in [-0.1, -0.05) is 6.07 Å². The van der Waals surface area contributed by atoms with Crippen LogP contribution in [0, 0.1) is 0 Å². The summed E-state index contributed by atoms with van der Waals surface area (Å²) in [6.07, 6.45) is 1.26. The van der Waals surface area contributed by atoms with Crippen molar-refractivity contribution < 1.29 is 14.3 Å². The molecule has 0 atom stereocenters. The lowest BCUT2D eigenvalue weighted by Crippen LogP contribution is -2.40. The number of guanidine groups is 1. The van der Waals surface area contributed by atoms with Crippen LogP contribution in [0.1, 0.15) is 33.6 Å². The second-order valence-corrected chi connectivity index (χ2v) is 5.88. The molecule has 0 fully saturated rings. The van der Waals surface area contributed by atoms with E-state index in [1.165, 1.54) is 0 Å². The third-order valence-corrected chi connectivity index (χ3v) is 3.97. The van der Waals surface area contributed by atoms with Gasteiger partial charge in [0.25, 0.3) is 0 Å². The number of methoxy groups -OCH3 is 1. The van der Waals surface area contributed by atoms with Crippen LogP contribution >= 0.6 is 0 Å². The van der Waals surface area contributed by atoms with Crippen molar-refractivity contribution in [3.63, 3.8) is 0 Å². The average molecular weight is 379 g/mol. The Hall–Kier alpha value is -2.44. The van der Waals surface area contributed by atoms with Crippen molar-refractivity contribution in [3.8, 4) is 11.5 Å². The molecular formula is C20H34N4O3. The lowest BCUT2D eigenvalue weighted by atomic mass is 10.3. The number of aliphatic imine (C=N–C) groups is 1. The topological polar surface area (TPSA) is 75.2 Å². The summed E-state index contributed by atoms with van der Waals surface area (Å²) in [6, 6.07) is 7.56. The quantitative estimate of drug-likeness (QED) is 0.332. The summed E-state index contributed by atoms with van der Waals surface area (Å²) >= 11 is 0. The van der Waals surface area contributed by atoms with Gasteiger partial charge < -0.3 is 25.0 Å². The summed E-state index contributed by atoms with van der Waals surface area (Å²) in [5.41, 5.74) is 0. The summed E-state index contributed by atoms with van der Waals surface area (Å²) in [7, 11) is 1.64. The molecule has 27 heavy (non-hydrogen) atoms. The largest absolute Gasteiger partial charge is 0.497 e. The molecule has 1 rings (SSSR count). The monoisotopic (exact) mass is 378 g/mol. The molecule has 0 spiro atoms. The highest BCUT2D eigenvalue weighted by Gasteiger charge is 2.09. The third kappa shape index (κ3) is 9.17. The number of hydrogen-bond donors (Lipinski definition) is 2. The Morgan fingerprint density at radius 3 is 2.56 bits per heavy atom. The fourth-order valence-electron chi connectivity index (χ4n) is 2.50. The number of benzene rings is 1. The molecule has 0 saturated carbocycles. The maximum atomic E-state index is 12.0. The van der Waals surface area contributed by atoms with E-state index in [1.807, 2.05) is 49.9 Å². The fourth-order valence-corrected chi connectivity index (χ4v) is 2.50. The highest BCUT2D eigenvalue weighted by molar-refractivity contribution is 5.81. The third-order valence-electron chi connectivity index (χ3n) is 3.97. The van der Waals surface area contributed by atoms with Gasteiger partial charge in [-0.2, -0.15) is 0 Å². The predicted octanol–water partition coefficient (Wildman–Crippen LogP) is 2.28. The van der Waals surface area contributed by atoms with Crippen LogP contribution in [0.15, 0.2) is 29.3 Å². The van der Waals surface area contributed by atoms with E-state index >= 15 is 0 Å². The zero-order valence-corrected chi connectivity index (χ0v) is 17.1. The summed E-state index contributed by atoms with van der Waals surface area (Å²) < 4.78 is 10.9. The zero-order chi connectivity index (χ0) is 19.9. The standard InChI is InChI=1S/C20H34N4O3/c1-5-21-20(23-14-12-19(25)24(6-2)7-3)22-13-9-15-27-18-11-8-10-17(16-18)26-4/h8,10-11,16H,5-7,9,12-15H2,1-4H3,(H2,21,22,23). The molecule has 1 amide bonds. The van der Waals surface area contributed by atoms with Crippen LogP contribution in [0.3, 0.4) is 0 Å². The lowest BCUT2D eigenvalue weighted by molar-refractivity contribution is -0.130. The SMILES string of the molecule is CCNC(=NCCCOc1cccc(OC)c1)NCCC(=O)N(CC)CC. The van der Waals surface area contributed by atoms with Gasteiger partial charge in [-0.25, -0.2) is 0 Å². The normalized spacial score (nSPS) is 11.0. The molecule has 1 aromatic rings. The molecule has 7 heteroatoms. The van der Waals surface area contributed by atoms with Crippen LogP contribution in [0.4, 0.5) is 0 Å². The zero-order valence-electron chi connectivity index (χ0n) is 17.1. The van der Waals surface area contributed by atoms with E-state index in [-0.39, 0.29) is 5.91 Å². The van der Waals surface area contributed by atoms with E-state index in [2.05, 4.69) is 15.6 Å². The average Bonchev–Trinajstić information content (AvgIpc) is 2.68. The number of rotatable bonds is 12. The van der Waals surface area contributed by atoms with Gasteiger partial charge >= 0.3 is 0 Å². The Kier molecular flexibility index (Phi) is 11.5. The molecule has 0 bridgehead atoms. The van der Waals surface area contributed by atoms with Gasteiger partial charge in [0, 0.05) is 51.6 Å². The molecule has 0 unspecified atom stereocenters. The van der Waals surface area contributed by atoms with E-state index in [0.29, 0.717) is 26.1 Å². The molecule has 1 aromatic carbocycles. The van der Waals surface area contributed by atoms with Crippen molar-refractivity contribution >= 4 is 11.9 Å². The van der Waals surface area contributed by atoms with Gasteiger partial charge in [-0.15, -0.1) is 0 Å². The van der Waals surface area contributed by atoms with Crippen LogP contribution in [0.25, 0.3) is 0 Å². The second-order valence-electron chi connectivity index (χ2n) is 5.88. The van der Waals surface area contributed by atoms with E-state index in [9.17, 15) is 4.79 Å². The first kappa shape index (κ1) is 22.6. The van der Waals surface area contributed by atoms with Gasteiger partial charge in [-0.3, -0.25) is 9.79 Å². The number of carbonyl (C=O) groups excluding carboxylic acids is 1. The molecule has 7 nitrogen and oxygen atoms in total. The van der Waals surface area contributed by atoms with E-state index in [0.717, 1.165) is 43.5 Å². The number of nitrogens with zero attached hydrogens (tertiary/aromatic N) is 2. The lowest BCUT2D eigenvalue weighted by Gasteiger charge is -2.19. The van der Waals surface area contributed by atoms with Gasteiger partial charge in [0.15, 0.2) is 5.96 Å². The molecule has 0 aliphatic carbocycles. The van der Waals surface area contributed by atoms with Gasteiger partial charge in [0.05, 0.1) is 13.7 Å². The number of hydrogen-bond acceptors (Lipinski definition) is 4. The second kappa shape index (κ2) is 13.7. The molecular weight excluding hydrogens is 344 g/mol. The van der Waals surface area contributed by atoms with Crippen LogP contribution in [-0.4, -0.2) is 63.2 Å². The van der Waals surface area contributed by atoms with Crippen LogP contribution in [0.2, 0.25) is 0 Å². The van der Waals surface area contributed by atoms with Crippen LogP contribution < -0.4 is 20.1 Å². The van der Waals surface area contributed by atoms with Crippen LogP contribution in [0.5, 0.6) is 11.5 Å². The molecule has 0 aromatic heterocycles. The van der Waals surface area contributed by atoms with Crippen molar-refractivity contribution in [3.05, 3.63) is 24.3 Å². The van der Waals surface area contributed by atoms with Crippen molar-refractivity contribution in [2.45, 2.75) is 33.6 Å². The van der Waals surface area contributed by atoms with Gasteiger partial charge in [-0.05, 0) is 32.9 Å². The molecule has 2 N–H and O–H groups in total. The van der Waals surface area contributed by atoms with Gasteiger partial charge in [0.2, 0.25) is 5.91 Å². The first-order valence-corrected chi connectivity index (χ1v) is 9.71. The molecule has 0 heterocycles. The Morgan fingerprint density at radius 1 is 1.15 bits per heavy atom. The van der Waals surface area contributed by atoms with E-state index in [4.69, 9.17) is 9.47 Å². The summed E-state index contributed by atoms with van der Waals surface area (Å²) in [5, 5.41) is 6.41. The number of ether oxygens (including phenoxy) is 2. The Bertz CT molecular complexity index is 574. The van der Waals surface area contributed by atoms with E-state index < -0.39 is 0 Å². The van der Waals surface area contributed by atoms with Crippen molar-refractivity contribution in [2.75, 3.05) is 46.4 Å². The Morgan fingerprint density at radius 2 is 1.89 bits per heavy atom. The highest BCUT2D eigenvalue weighted by atomic mass is 16.5. The minimum absolute atomic E-state index is 0.162. The first-order chi connectivity index (χ1) is 13.1. The van der Waals surface area contributed by atoms with Crippen LogP contribution in [-0.2, 0) is 4.79 Å². The smallest absolute Gasteiger partial charge is 0.224 e. The summed E-state index contributed by atoms with van der Waals surface area (Å²) in [4.78, 5) is 18.4. The summed E-state index contributed by atoms with van der Waals surface area (Å²) in [6.45, 7) is 10.1. The Balaban J connectivity index is 2.32. The predicted molar refractivity (Wildman–Crippen MR) is 110 cm³/mol. The number of carbonyl (C=O) groups is 1. The van der Waals surface area contributed by atoms with Crippen molar-refractivity contribution in [2.24, 2.45) is 4.99 Å². The van der Waals surface area contributed by atoms with Crippen molar-refractivity contribution in [1.82, 2.24) is 15.5 Å². The maximum absolute atomic E-state index is 12.0. The molecule has 152 valence electrons. The minimum atomic E-state index is 0.162. The first-order valence-electron chi connectivity index (χ1n) is 9.71. The Labute approximate surface area is 163 Å². The highest BCUT2D eigenvalue weighted by Crippen LogP contribution is 2.18. The van der Waals surface area contributed by atoms with E-state index in [1.54, 1.807) is 7.11 Å².